The summed E-state index contributed by atoms with van der Waals surface area (Å²) in [7, 11) is 0. The van der Waals surface area contributed by atoms with Crippen LogP contribution in [0.2, 0.25) is 0 Å². The zero-order valence-electron chi connectivity index (χ0n) is 5.93. The minimum absolute atomic E-state index is 0.0822. The smallest absolute Gasteiger partial charge is 0.160 e. The van der Waals surface area contributed by atoms with Crippen LogP contribution in [-0.4, -0.2) is 22.9 Å². The monoisotopic (exact) mass is 162 g/mol. The third kappa shape index (κ3) is 3.64. The van der Waals surface area contributed by atoms with Gasteiger partial charge in [-0.3, -0.25) is 4.79 Å². The second-order valence-corrected chi connectivity index (χ2v) is 2.52. The van der Waals surface area contributed by atoms with Gasteiger partial charge in [-0.25, -0.2) is 0 Å². The molecule has 0 heterocycles. The van der Waals surface area contributed by atoms with Crippen molar-refractivity contribution in [1.29, 1.82) is 0 Å². The standard InChI is InChI=1S/C7H11ClO2/c1-5(2)7(10)3-6(9)4-8/h6,9H,1,3-4H2,2H3. The molecule has 0 aromatic carbocycles. The zero-order valence-corrected chi connectivity index (χ0v) is 6.69. The highest BCUT2D eigenvalue weighted by molar-refractivity contribution is 6.18. The molecule has 0 saturated heterocycles. The second-order valence-electron chi connectivity index (χ2n) is 2.22. The number of rotatable bonds is 4. The first kappa shape index (κ1) is 9.66. The van der Waals surface area contributed by atoms with E-state index in [4.69, 9.17) is 16.7 Å². The minimum atomic E-state index is -0.731. The van der Waals surface area contributed by atoms with Gasteiger partial charge in [-0.1, -0.05) is 6.58 Å². The summed E-state index contributed by atoms with van der Waals surface area (Å²) in [5, 5.41) is 8.88. The van der Waals surface area contributed by atoms with Crippen molar-refractivity contribution in [2.24, 2.45) is 0 Å². The van der Waals surface area contributed by atoms with Crippen LogP contribution in [0.3, 0.4) is 0 Å². The van der Waals surface area contributed by atoms with Crippen LogP contribution in [0.5, 0.6) is 0 Å². The van der Waals surface area contributed by atoms with E-state index in [0.29, 0.717) is 5.57 Å². The summed E-state index contributed by atoms with van der Waals surface area (Å²) in [6, 6.07) is 0. The van der Waals surface area contributed by atoms with Crippen molar-refractivity contribution in [2.75, 3.05) is 5.88 Å². The van der Waals surface area contributed by atoms with Crippen molar-refractivity contribution >= 4 is 17.4 Å². The summed E-state index contributed by atoms with van der Waals surface area (Å²) < 4.78 is 0. The van der Waals surface area contributed by atoms with Crippen LogP contribution in [-0.2, 0) is 4.79 Å². The van der Waals surface area contributed by atoms with Gasteiger partial charge in [0.05, 0.1) is 6.10 Å². The summed E-state index contributed by atoms with van der Waals surface area (Å²) in [6.07, 6.45) is -0.649. The number of allylic oxidation sites excluding steroid dienone is 1. The molecule has 0 amide bonds. The molecule has 0 saturated carbocycles. The lowest BCUT2D eigenvalue weighted by atomic mass is 10.1. The second kappa shape index (κ2) is 4.47. The fourth-order valence-corrected chi connectivity index (χ4v) is 0.552. The van der Waals surface area contributed by atoms with Gasteiger partial charge in [-0.05, 0) is 12.5 Å². The summed E-state index contributed by atoms with van der Waals surface area (Å²) in [4.78, 5) is 10.8. The molecule has 1 N–H and O–H groups in total. The maximum atomic E-state index is 10.8. The molecule has 0 bridgehead atoms. The lowest BCUT2D eigenvalue weighted by Crippen LogP contribution is -2.14. The third-order valence-corrected chi connectivity index (χ3v) is 1.43. The molecule has 0 aliphatic carbocycles. The van der Waals surface area contributed by atoms with Gasteiger partial charge in [0.2, 0.25) is 0 Å². The largest absolute Gasteiger partial charge is 0.391 e. The van der Waals surface area contributed by atoms with Gasteiger partial charge in [-0.2, -0.15) is 0 Å². The normalized spacial score (nSPS) is 12.7. The Morgan fingerprint density at radius 2 is 2.30 bits per heavy atom. The number of aliphatic hydroxyl groups is 1. The van der Waals surface area contributed by atoms with E-state index in [9.17, 15) is 4.79 Å². The first-order valence-corrected chi connectivity index (χ1v) is 3.54. The molecule has 58 valence electrons. The Kier molecular flexibility index (Phi) is 4.32. The molecule has 0 aliphatic heterocycles. The number of carbonyl (C=O) groups excluding carboxylic acids is 1. The van der Waals surface area contributed by atoms with E-state index in [1.165, 1.54) is 0 Å². The highest BCUT2D eigenvalue weighted by Crippen LogP contribution is 2.01. The van der Waals surface area contributed by atoms with E-state index in [-0.39, 0.29) is 18.1 Å². The highest BCUT2D eigenvalue weighted by atomic mass is 35.5. The van der Waals surface area contributed by atoms with Crippen LogP contribution in [0.4, 0.5) is 0 Å². The van der Waals surface area contributed by atoms with Gasteiger partial charge in [0.15, 0.2) is 5.78 Å². The number of hydrogen-bond acceptors (Lipinski definition) is 2. The molecule has 0 aliphatic rings. The molecule has 1 atom stereocenters. The van der Waals surface area contributed by atoms with Gasteiger partial charge in [-0.15, -0.1) is 11.6 Å². The summed E-state index contributed by atoms with van der Waals surface area (Å²) >= 11 is 5.27. The van der Waals surface area contributed by atoms with Crippen LogP contribution in [0.1, 0.15) is 13.3 Å². The van der Waals surface area contributed by atoms with Crippen molar-refractivity contribution in [1.82, 2.24) is 0 Å². The van der Waals surface area contributed by atoms with Crippen LogP contribution >= 0.6 is 11.6 Å². The molecule has 0 aromatic rings. The zero-order chi connectivity index (χ0) is 8.15. The molecule has 1 unspecified atom stereocenters. The predicted octanol–water partition coefficient (Wildman–Crippen LogP) is 1.12. The number of alkyl halides is 1. The van der Waals surface area contributed by atoms with Crippen molar-refractivity contribution in [2.45, 2.75) is 19.4 Å². The average molecular weight is 163 g/mol. The van der Waals surface area contributed by atoms with Crippen LogP contribution < -0.4 is 0 Å². The van der Waals surface area contributed by atoms with Crippen LogP contribution in [0.25, 0.3) is 0 Å². The molecule has 0 radical (unpaired) electrons. The molecule has 2 nitrogen and oxygen atoms in total. The molecule has 0 rings (SSSR count). The average Bonchev–Trinajstić information content (AvgIpc) is 1.87. The van der Waals surface area contributed by atoms with E-state index < -0.39 is 6.10 Å². The number of halogens is 1. The van der Waals surface area contributed by atoms with E-state index in [2.05, 4.69) is 6.58 Å². The fraction of sp³-hybridized carbons (Fsp3) is 0.571. The van der Waals surface area contributed by atoms with E-state index in [1.54, 1.807) is 6.92 Å². The Balaban J connectivity index is 3.68. The number of hydrogen-bond donors (Lipinski definition) is 1. The number of carbonyl (C=O) groups is 1. The predicted molar refractivity (Wildman–Crippen MR) is 41.2 cm³/mol. The van der Waals surface area contributed by atoms with Gasteiger partial charge in [0.1, 0.15) is 0 Å². The summed E-state index contributed by atoms with van der Waals surface area (Å²) in [5.74, 6) is -0.0351. The first-order valence-electron chi connectivity index (χ1n) is 3.00. The SMILES string of the molecule is C=C(C)C(=O)CC(O)CCl. The Hall–Kier alpha value is -0.340. The first-order chi connectivity index (χ1) is 4.57. The van der Waals surface area contributed by atoms with Gasteiger partial charge in [0, 0.05) is 12.3 Å². The van der Waals surface area contributed by atoms with Crippen molar-refractivity contribution in [3.05, 3.63) is 12.2 Å². The third-order valence-electron chi connectivity index (χ3n) is 1.08. The Bertz CT molecular complexity index is 143. The number of ketones is 1. The Morgan fingerprint density at radius 3 is 2.60 bits per heavy atom. The van der Waals surface area contributed by atoms with Gasteiger partial charge in [0.25, 0.3) is 0 Å². The number of aliphatic hydroxyl groups excluding tert-OH is 1. The molecule has 3 heteroatoms. The summed E-state index contributed by atoms with van der Waals surface area (Å²) in [6.45, 7) is 5.05. The minimum Gasteiger partial charge on any atom is -0.391 e. The maximum absolute atomic E-state index is 10.8. The molecule has 0 fully saturated rings. The van der Waals surface area contributed by atoms with E-state index in [0.717, 1.165) is 0 Å². The van der Waals surface area contributed by atoms with Crippen molar-refractivity contribution in [3.8, 4) is 0 Å². The molecule has 0 aromatic heterocycles. The molecular weight excluding hydrogens is 152 g/mol. The lowest BCUT2D eigenvalue weighted by molar-refractivity contribution is -0.117. The number of Topliss-reactive ketones (excluding diaryl/α,β-unsaturated/α-hetero) is 1. The topological polar surface area (TPSA) is 37.3 Å². The van der Waals surface area contributed by atoms with Crippen molar-refractivity contribution in [3.63, 3.8) is 0 Å². The fourth-order valence-electron chi connectivity index (χ4n) is 0.443. The van der Waals surface area contributed by atoms with Crippen molar-refractivity contribution < 1.29 is 9.90 Å². The van der Waals surface area contributed by atoms with E-state index in [1.807, 2.05) is 0 Å². The lowest BCUT2D eigenvalue weighted by Gasteiger charge is -2.03. The molecular formula is C7H11ClO2. The molecule has 0 spiro atoms. The highest BCUT2D eigenvalue weighted by Gasteiger charge is 2.09. The Labute approximate surface area is 65.5 Å². The van der Waals surface area contributed by atoms with Gasteiger partial charge >= 0.3 is 0 Å². The van der Waals surface area contributed by atoms with Crippen LogP contribution in [0.15, 0.2) is 12.2 Å². The molecule has 10 heavy (non-hydrogen) atoms. The van der Waals surface area contributed by atoms with Crippen LogP contribution in [0, 0.1) is 0 Å². The maximum Gasteiger partial charge on any atom is 0.160 e. The van der Waals surface area contributed by atoms with E-state index >= 15 is 0 Å². The summed E-state index contributed by atoms with van der Waals surface area (Å²) in [5.41, 5.74) is 0.462. The van der Waals surface area contributed by atoms with Gasteiger partial charge < -0.3 is 5.11 Å². The quantitative estimate of drug-likeness (QED) is 0.497. The Morgan fingerprint density at radius 1 is 1.80 bits per heavy atom.